The zero-order chi connectivity index (χ0) is 25.1. The van der Waals surface area contributed by atoms with E-state index < -0.39 is 0 Å². The second kappa shape index (κ2) is 11.5. The van der Waals surface area contributed by atoms with Gasteiger partial charge in [-0.1, -0.05) is 34.1 Å². The minimum absolute atomic E-state index is 0.169. The number of benzene rings is 3. The van der Waals surface area contributed by atoms with Gasteiger partial charge in [0, 0.05) is 10.0 Å². The van der Waals surface area contributed by atoms with Gasteiger partial charge in [0.1, 0.15) is 12.4 Å². The van der Waals surface area contributed by atoms with Crippen LogP contribution in [0.1, 0.15) is 27.8 Å². The highest BCUT2D eigenvalue weighted by atomic mass is 127. The number of thioether (sulfide) groups is 1. The molecule has 0 unspecified atom stereocenters. The Morgan fingerprint density at radius 2 is 1.80 bits per heavy atom. The van der Waals surface area contributed by atoms with E-state index in [1.54, 1.807) is 6.07 Å². The number of hydrogen-bond donors (Lipinski definition) is 1. The second-order valence-electron chi connectivity index (χ2n) is 7.75. The largest absolute Gasteiger partial charge is 0.487 e. The zero-order valence-electron chi connectivity index (χ0n) is 18.7. The molecule has 9 heteroatoms. The molecule has 1 heterocycles. The van der Waals surface area contributed by atoms with E-state index in [2.05, 4.69) is 77.5 Å². The molecular formula is C26H18BrI2N3O2S. The van der Waals surface area contributed by atoms with Crippen LogP contribution < -0.4 is 10.1 Å². The molecule has 0 bridgehead atoms. The first kappa shape index (κ1) is 26.2. The third-order valence-electron chi connectivity index (χ3n) is 5.13. The van der Waals surface area contributed by atoms with E-state index in [4.69, 9.17) is 4.74 Å². The molecule has 4 rings (SSSR count). The van der Waals surface area contributed by atoms with Gasteiger partial charge in [0.25, 0.3) is 5.91 Å². The van der Waals surface area contributed by atoms with Crippen molar-refractivity contribution >= 4 is 95.7 Å². The number of rotatable bonds is 5. The number of hydrogen-bond acceptors (Lipinski definition) is 5. The van der Waals surface area contributed by atoms with Gasteiger partial charge in [0.2, 0.25) is 0 Å². The van der Waals surface area contributed by atoms with Crippen LogP contribution >= 0.6 is 72.9 Å². The fraction of sp³-hybridized carbons (Fsp3) is 0.115. The van der Waals surface area contributed by atoms with Gasteiger partial charge in [0.05, 0.1) is 29.4 Å². The highest BCUT2D eigenvalue weighted by Gasteiger charge is 2.24. The van der Waals surface area contributed by atoms with Gasteiger partial charge >= 0.3 is 0 Å². The molecular weight excluding hydrogens is 752 g/mol. The smallest absolute Gasteiger partial charge is 0.264 e. The quantitative estimate of drug-likeness (QED) is 0.214. The molecule has 5 nitrogen and oxygen atoms in total. The monoisotopic (exact) mass is 769 g/mol. The van der Waals surface area contributed by atoms with E-state index in [9.17, 15) is 10.1 Å². The number of amides is 1. The summed E-state index contributed by atoms with van der Waals surface area (Å²) in [6, 6.07) is 17.5. The van der Waals surface area contributed by atoms with Crippen molar-refractivity contribution in [3.05, 3.63) is 92.9 Å². The minimum Gasteiger partial charge on any atom is -0.487 e. The third-order valence-corrected chi connectivity index (χ3v) is 8.89. The number of aliphatic imine (C=N–C) groups is 1. The zero-order valence-corrected chi connectivity index (χ0v) is 25.4. The molecule has 1 aliphatic heterocycles. The summed E-state index contributed by atoms with van der Waals surface area (Å²) in [4.78, 5) is 17.8. The molecule has 3 aromatic rings. The fourth-order valence-electron chi connectivity index (χ4n) is 3.44. The van der Waals surface area contributed by atoms with Crippen LogP contribution in [0.4, 0.5) is 5.69 Å². The molecule has 1 saturated heterocycles. The predicted octanol–water partition coefficient (Wildman–Crippen LogP) is 7.62. The van der Waals surface area contributed by atoms with Gasteiger partial charge in [-0.3, -0.25) is 4.79 Å². The molecule has 0 atom stereocenters. The summed E-state index contributed by atoms with van der Waals surface area (Å²) in [5.74, 6) is 0.589. The predicted molar refractivity (Wildman–Crippen MR) is 162 cm³/mol. The van der Waals surface area contributed by atoms with Crippen LogP contribution in [0, 0.1) is 32.3 Å². The van der Waals surface area contributed by atoms with Crippen molar-refractivity contribution in [2.24, 2.45) is 4.99 Å². The minimum atomic E-state index is -0.169. The number of amidine groups is 1. The first-order valence-electron chi connectivity index (χ1n) is 10.4. The number of carbonyl (C=O) groups is 1. The lowest BCUT2D eigenvalue weighted by Crippen LogP contribution is -2.19. The van der Waals surface area contributed by atoms with Gasteiger partial charge in [-0.15, -0.1) is 0 Å². The number of aryl methyl sites for hydroxylation is 2. The molecule has 35 heavy (non-hydrogen) atoms. The summed E-state index contributed by atoms with van der Waals surface area (Å²) in [6.07, 6.45) is 1.86. The van der Waals surface area contributed by atoms with Crippen LogP contribution in [0.25, 0.3) is 6.08 Å². The normalized spacial score (nSPS) is 15.4. The first-order valence-corrected chi connectivity index (χ1v) is 14.2. The van der Waals surface area contributed by atoms with Crippen molar-refractivity contribution in [2.75, 3.05) is 0 Å². The van der Waals surface area contributed by atoms with Gasteiger partial charge < -0.3 is 10.1 Å². The maximum absolute atomic E-state index is 12.6. The molecule has 1 aliphatic rings. The lowest BCUT2D eigenvalue weighted by molar-refractivity contribution is -0.115. The van der Waals surface area contributed by atoms with E-state index in [1.165, 1.54) is 11.8 Å². The van der Waals surface area contributed by atoms with Crippen molar-refractivity contribution in [2.45, 2.75) is 20.5 Å². The van der Waals surface area contributed by atoms with E-state index in [0.717, 1.165) is 45.3 Å². The van der Waals surface area contributed by atoms with E-state index in [0.29, 0.717) is 22.2 Å². The number of carbonyl (C=O) groups excluding carboxylic acids is 1. The molecule has 3 aromatic carbocycles. The Morgan fingerprint density at radius 1 is 1.14 bits per heavy atom. The SMILES string of the molecule is Cc1cc(N=C2NC(=O)/C(=C/c3cc(I)c(OCc4ccccc4C#N)c(I)c3)S2)cc(C)c1Br. The molecule has 0 spiro atoms. The summed E-state index contributed by atoms with van der Waals surface area (Å²) >= 11 is 9.36. The Balaban J connectivity index is 1.53. The maximum atomic E-state index is 12.6. The lowest BCUT2D eigenvalue weighted by atomic mass is 10.1. The molecule has 1 fully saturated rings. The molecule has 0 radical (unpaired) electrons. The highest BCUT2D eigenvalue weighted by molar-refractivity contribution is 14.1. The molecule has 1 amide bonds. The van der Waals surface area contributed by atoms with Gasteiger partial charge in [-0.2, -0.15) is 5.26 Å². The third kappa shape index (κ3) is 6.28. The summed E-state index contributed by atoms with van der Waals surface area (Å²) in [7, 11) is 0. The molecule has 0 saturated carbocycles. The average molecular weight is 770 g/mol. The first-order chi connectivity index (χ1) is 16.7. The fourth-order valence-corrected chi connectivity index (χ4v) is 6.64. The molecule has 1 N–H and O–H groups in total. The van der Waals surface area contributed by atoms with E-state index in [-0.39, 0.29) is 5.91 Å². The standard InChI is InChI=1S/C26H18BrI2N3O2S/c1-14-7-19(8-15(2)23(14)27)31-26-32-25(33)22(35-26)11-16-9-20(28)24(21(29)10-16)34-13-18-6-4-3-5-17(18)12-30/h3-11H,13H2,1-2H3,(H,31,32,33)/b22-11-. The Kier molecular flexibility index (Phi) is 8.57. The number of nitrogens with one attached hydrogen (secondary N) is 1. The van der Waals surface area contributed by atoms with E-state index in [1.807, 2.05) is 62.4 Å². The average Bonchev–Trinajstić information content (AvgIpc) is 3.15. The van der Waals surface area contributed by atoms with Gasteiger partial charge in [0.15, 0.2) is 5.17 Å². The Morgan fingerprint density at radius 3 is 2.46 bits per heavy atom. The summed E-state index contributed by atoms with van der Waals surface area (Å²) < 4.78 is 8.98. The van der Waals surface area contributed by atoms with E-state index >= 15 is 0 Å². The topological polar surface area (TPSA) is 74.5 Å². The van der Waals surface area contributed by atoms with Crippen LogP contribution in [-0.4, -0.2) is 11.1 Å². The second-order valence-corrected chi connectivity index (χ2v) is 11.9. The van der Waals surface area contributed by atoms with Crippen LogP contribution in [0.15, 0.2) is 62.9 Å². The van der Waals surface area contributed by atoms with Crippen molar-refractivity contribution < 1.29 is 9.53 Å². The van der Waals surface area contributed by atoms with Crippen LogP contribution in [-0.2, 0) is 11.4 Å². The number of ether oxygens (including phenoxy) is 1. The number of nitrogens with zero attached hydrogens (tertiary/aromatic N) is 2. The van der Waals surface area contributed by atoms with Gasteiger partial charge in [-0.05, 0) is 124 Å². The van der Waals surface area contributed by atoms with Gasteiger partial charge in [-0.25, -0.2) is 4.99 Å². The molecule has 0 aromatic heterocycles. The Bertz CT molecular complexity index is 1400. The van der Waals surface area contributed by atoms with Crippen LogP contribution in [0.5, 0.6) is 5.75 Å². The molecule has 176 valence electrons. The summed E-state index contributed by atoms with van der Waals surface area (Å²) in [6.45, 7) is 4.35. The van der Waals surface area contributed by atoms with Crippen molar-refractivity contribution in [3.63, 3.8) is 0 Å². The highest BCUT2D eigenvalue weighted by Crippen LogP contribution is 2.34. The van der Waals surface area contributed by atoms with Crippen molar-refractivity contribution in [1.82, 2.24) is 5.32 Å². The van der Waals surface area contributed by atoms with Crippen LogP contribution in [0.3, 0.4) is 0 Å². The lowest BCUT2D eigenvalue weighted by Gasteiger charge is -2.12. The molecule has 0 aliphatic carbocycles. The van der Waals surface area contributed by atoms with Crippen LogP contribution in [0.2, 0.25) is 0 Å². The maximum Gasteiger partial charge on any atom is 0.264 e. The van der Waals surface area contributed by atoms with Crippen molar-refractivity contribution in [1.29, 1.82) is 5.26 Å². The number of halogens is 3. The number of nitriles is 1. The summed E-state index contributed by atoms with van der Waals surface area (Å²) in [5, 5.41) is 12.7. The summed E-state index contributed by atoms with van der Waals surface area (Å²) in [5.41, 5.74) is 5.34. The Hall–Kier alpha value is -1.88. The van der Waals surface area contributed by atoms with Crippen molar-refractivity contribution in [3.8, 4) is 11.8 Å². The Labute approximate surface area is 243 Å².